The van der Waals surface area contributed by atoms with Crippen LogP contribution in [-0.2, 0) is 0 Å². The second-order valence-corrected chi connectivity index (χ2v) is 6.81. The van der Waals surface area contributed by atoms with Crippen molar-refractivity contribution in [1.82, 2.24) is 5.43 Å². The van der Waals surface area contributed by atoms with Gasteiger partial charge in [-0.05, 0) is 31.9 Å². The molecule has 0 bridgehead atoms. The van der Waals surface area contributed by atoms with E-state index in [1.165, 1.54) is 60.3 Å². The van der Waals surface area contributed by atoms with Crippen LogP contribution in [-0.4, -0.2) is 0 Å². The van der Waals surface area contributed by atoms with Gasteiger partial charge in [0.25, 0.3) is 0 Å². The fraction of sp³-hybridized carbons (Fsp3) is 0.750. The molecule has 3 heteroatoms. The van der Waals surface area contributed by atoms with Crippen LogP contribution < -0.4 is 11.3 Å². The van der Waals surface area contributed by atoms with Crippen molar-refractivity contribution in [2.75, 3.05) is 0 Å². The second kappa shape index (κ2) is 9.51. The molecule has 0 spiro atoms. The third kappa shape index (κ3) is 6.07. The van der Waals surface area contributed by atoms with Crippen molar-refractivity contribution >= 4 is 11.3 Å². The molecule has 1 aromatic rings. The Hall–Kier alpha value is -0.380. The molecule has 0 aliphatic rings. The van der Waals surface area contributed by atoms with Gasteiger partial charge in [0.2, 0.25) is 0 Å². The minimum Gasteiger partial charge on any atom is -0.271 e. The standard InChI is InChI=1S/C16H30N2S/c1-4-5-6-7-8-9-10-11-15(18-17)16-12-13(2)14(3)19-16/h12,15,18H,4-11,17H2,1-3H3. The molecular weight excluding hydrogens is 252 g/mol. The molecule has 0 aliphatic carbocycles. The van der Waals surface area contributed by atoms with Crippen LogP contribution in [0.4, 0.5) is 0 Å². The highest BCUT2D eigenvalue weighted by Gasteiger charge is 2.12. The van der Waals surface area contributed by atoms with Crippen LogP contribution in [0.5, 0.6) is 0 Å². The molecule has 0 aromatic carbocycles. The Balaban J connectivity index is 2.22. The van der Waals surface area contributed by atoms with Gasteiger partial charge in [0.1, 0.15) is 0 Å². The first kappa shape index (κ1) is 16.7. The normalized spacial score (nSPS) is 12.8. The van der Waals surface area contributed by atoms with Crippen molar-refractivity contribution in [2.45, 2.75) is 78.2 Å². The van der Waals surface area contributed by atoms with E-state index >= 15 is 0 Å². The van der Waals surface area contributed by atoms with Crippen molar-refractivity contribution < 1.29 is 0 Å². The van der Waals surface area contributed by atoms with Crippen molar-refractivity contribution in [3.05, 3.63) is 21.4 Å². The van der Waals surface area contributed by atoms with Gasteiger partial charge in [-0.1, -0.05) is 51.9 Å². The maximum Gasteiger partial charge on any atom is 0.0553 e. The van der Waals surface area contributed by atoms with E-state index in [-0.39, 0.29) is 0 Å². The SMILES string of the molecule is CCCCCCCCCC(NN)c1cc(C)c(C)s1. The fourth-order valence-electron chi connectivity index (χ4n) is 2.39. The van der Waals surface area contributed by atoms with Gasteiger partial charge in [0, 0.05) is 9.75 Å². The van der Waals surface area contributed by atoms with E-state index in [2.05, 4.69) is 32.3 Å². The molecule has 0 saturated carbocycles. The monoisotopic (exact) mass is 282 g/mol. The summed E-state index contributed by atoms with van der Waals surface area (Å²) in [6.07, 6.45) is 10.7. The summed E-state index contributed by atoms with van der Waals surface area (Å²) in [5.41, 5.74) is 4.37. The molecule has 1 heterocycles. The van der Waals surface area contributed by atoms with Gasteiger partial charge in [-0.2, -0.15) is 0 Å². The maximum atomic E-state index is 5.70. The topological polar surface area (TPSA) is 38.0 Å². The lowest BCUT2D eigenvalue weighted by molar-refractivity contribution is 0.481. The quantitative estimate of drug-likeness (QED) is 0.359. The number of hydrogen-bond acceptors (Lipinski definition) is 3. The third-order valence-corrected chi connectivity index (χ3v) is 5.09. The number of unbranched alkanes of at least 4 members (excludes halogenated alkanes) is 6. The summed E-state index contributed by atoms with van der Waals surface area (Å²) in [6, 6.07) is 2.62. The molecule has 3 N–H and O–H groups in total. The van der Waals surface area contributed by atoms with Crippen LogP contribution in [0.2, 0.25) is 0 Å². The number of nitrogens with two attached hydrogens (primary N) is 1. The molecule has 0 radical (unpaired) electrons. The number of rotatable bonds is 10. The van der Waals surface area contributed by atoms with E-state index in [0.717, 1.165) is 6.42 Å². The zero-order valence-electron chi connectivity index (χ0n) is 12.8. The fourth-order valence-corrected chi connectivity index (χ4v) is 3.52. The van der Waals surface area contributed by atoms with Gasteiger partial charge >= 0.3 is 0 Å². The molecule has 1 rings (SSSR count). The molecule has 2 nitrogen and oxygen atoms in total. The largest absolute Gasteiger partial charge is 0.271 e. The van der Waals surface area contributed by atoms with Crippen LogP contribution in [0.1, 0.15) is 79.6 Å². The van der Waals surface area contributed by atoms with E-state index in [0.29, 0.717) is 6.04 Å². The minimum absolute atomic E-state index is 0.341. The van der Waals surface area contributed by atoms with Crippen molar-refractivity contribution in [3.8, 4) is 0 Å². The van der Waals surface area contributed by atoms with Crippen LogP contribution in [0.15, 0.2) is 6.07 Å². The highest BCUT2D eigenvalue weighted by Crippen LogP contribution is 2.29. The highest BCUT2D eigenvalue weighted by molar-refractivity contribution is 7.12. The number of thiophene rings is 1. The van der Waals surface area contributed by atoms with Crippen molar-refractivity contribution in [2.24, 2.45) is 5.84 Å². The Kier molecular flexibility index (Phi) is 8.35. The summed E-state index contributed by atoms with van der Waals surface area (Å²) in [6.45, 7) is 6.63. The average Bonchev–Trinajstić information content (AvgIpc) is 2.73. The van der Waals surface area contributed by atoms with Gasteiger partial charge in [-0.15, -0.1) is 11.3 Å². The molecular formula is C16H30N2S. The first-order valence-electron chi connectivity index (χ1n) is 7.72. The molecule has 1 atom stereocenters. The Morgan fingerprint density at radius 1 is 1.11 bits per heavy atom. The summed E-state index contributed by atoms with van der Waals surface area (Å²) >= 11 is 1.88. The Labute approximate surface area is 122 Å². The van der Waals surface area contributed by atoms with E-state index in [1.54, 1.807) is 0 Å². The van der Waals surface area contributed by atoms with Crippen LogP contribution in [0, 0.1) is 13.8 Å². The average molecular weight is 282 g/mol. The molecule has 0 fully saturated rings. The van der Waals surface area contributed by atoms with E-state index in [1.807, 2.05) is 11.3 Å². The summed E-state index contributed by atoms with van der Waals surface area (Å²) in [7, 11) is 0. The third-order valence-electron chi connectivity index (χ3n) is 3.83. The van der Waals surface area contributed by atoms with Crippen LogP contribution >= 0.6 is 11.3 Å². The molecule has 110 valence electrons. The lowest BCUT2D eigenvalue weighted by Crippen LogP contribution is -2.27. The molecule has 19 heavy (non-hydrogen) atoms. The van der Waals surface area contributed by atoms with Crippen molar-refractivity contribution in [3.63, 3.8) is 0 Å². The number of hydrazine groups is 1. The predicted molar refractivity (Wildman–Crippen MR) is 86.5 cm³/mol. The zero-order chi connectivity index (χ0) is 14.1. The van der Waals surface area contributed by atoms with Gasteiger partial charge in [-0.3, -0.25) is 11.3 Å². The van der Waals surface area contributed by atoms with Crippen LogP contribution in [0.25, 0.3) is 0 Å². The lowest BCUT2D eigenvalue weighted by atomic mass is 10.0. The van der Waals surface area contributed by atoms with Gasteiger partial charge in [-0.25, -0.2) is 0 Å². The van der Waals surface area contributed by atoms with Crippen molar-refractivity contribution in [1.29, 1.82) is 0 Å². The minimum atomic E-state index is 0.341. The first-order chi connectivity index (χ1) is 9.19. The molecule has 0 aliphatic heterocycles. The summed E-state index contributed by atoms with van der Waals surface area (Å²) in [5.74, 6) is 5.70. The summed E-state index contributed by atoms with van der Waals surface area (Å²) in [5, 5.41) is 0. The number of hydrogen-bond donors (Lipinski definition) is 2. The maximum absolute atomic E-state index is 5.70. The summed E-state index contributed by atoms with van der Waals surface area (Å²) < 4.78 is 0. The Bertz CT molecular complexity index is 327. The zero-order valence-corrected chi connectivity index (χ0v) is 13.6. The highest BCUT2D eigenvalue weighted by atomic mass is 32.1. The smallest absolute Gasteiger partial charge is 0.0553 e. The van der Waals surface area contributed by atoms with Gasteiger partial charge in [0.15, 0.2) is 0 Å². The molecule has 0 amide bonds. The van der Waals surface area contributed by atoms with E-state index in [9.17, 15) is 0 Å². The molecule has 1 aromatic heterocycles. The number of nitrogens with one attached hydrogen (secondary N) is 1. The summed E-state index contributed by atoms with van der Waals surface area (Å²) in [4.78, 5) is 2.80. The molecule has 0 saturated heterocycles. The predicted octanol–water partition coefficient (Wildman–Crippen LogP) is 5.01. The molecule has 1 unspecified atom stereocenters. The lowest BCUT2D eigenvalue weighted by Gasteiger charge is -2.13. The number of aryl methyl sites for hydroxylation is 2. The van der Waals surface area contributed by atoms with E-state index in [4.69, 9.17) is 5.84 Å². The second-order valence-electron chi connectivity index (χ2n) is 5.52. The Morgan fingerprint density at radius 3 is 2.26 bits per heavy atom. The van der Waals surface area contributed by atoms with E-state index < -0.39 is 0 Å². The van der Waals surface area contributed by atoms with Gasteiger partial charge in [0.05, 0.1) is 6.04 Å². The Morgan fingerprint density at radius 2 is 1.74 bits per heavy atom. The first-order valence-corrected chi connectivity index (χ1v) is 8.53. The van der Waals surface area contributed by atoms with Gasteiger partial charge < -0.3 is 0 Å². The van der Waals surface area contributed by atoms with Crippen LogP contribution in [0.3, 0.4) is 0 Å².